The Morgan fingerprint density at radius 1 is 0.931 bits per heavy atom. The average molecular weight is 407 g/mol. The van der Waals surface area contributed by atoms with Gasteiger partial charge in [-0.1, -0.05) is 25.0 Å². The van der Waals surface area contributed by atoms with Crippen molar-refractivity contribution in [3.8, 4) is 6.07 Å². The van der Waals surface area contributed by atoms with E-state index in [9.17, 15) is 17.6 Å². The second kappa shape index (κ2) is 9.78. The first kappa shape index (κ1) is 21.9. The van der Waals surface area contributed by atoms with Gasteiger partial charge in [-0.25, -0.2) is 0 Å². The molecule has 0 heterocycles. The quantitative estimate of drug-likeness (QED) is 0.359. The number of halogens is 4. The van der Waals surface area contributed by atoms with Crippen molar-refractivity contribution in [2.45, 2.75) is 76.3 Å². The predicted molar refractivity (Wildman–Crippen MR) is 106 cm³/mol. The van der Waals surface area contributed by atoms with Gasteiger partial charge in [-0.05, 0) is 98.8 Å². The Labute approximate surface area is 170 Å². The first-order valence-corrected chi connectivity index (χ1v) is 10.8. The van der Waals surface area contributed by atoms with Crippen molar-refractivity contribution >= 4 is 0 Å². The van der Waals surface area contributed by atoms with Gasteiger partial charge < -0.3 is 0 Å². The molecule has 2 aliphatic rings. The normalized spacial score (nSPS) is 28.7. The molecule has 1 aromatic rings. The van der Waals surface area contributed by atoms with Gasteiger partial charge in [0, 0.05) is 0 Å². The van der Waals surface area contributed by atoms with E-state index in [1.807, 2.05) is 0 Å². The zero-order valence-electron chi connectivity index (χ0n) is 16.7. The fourth-order valence-electron chi connectivity index (χ4n) is 5.31. The van der Waals surface area contributed by atoms with E-state index in [0.717, 1.165) is 49.5 Å². The molecule has 29 heavy (non-hydrogen) atoms. The lowest BCUT2D eigenvalue weighted by Gasteiger charge is -2.38. The van der Waals surface area contributed by atoms with Crippen LogP contribution in [0.25, 0.3) is 0 Å². The van der Waals surface area contributed by atoms with Crippen LogP contribution in [0.2, 0.25) is 0 Å². The molecule has 0 unspecified atom stereocenters. The zero-order chi connectivity index (χ0) is 20.9. The van der Waals surface area contributed by atoms with E-state index < -0.39 is 17.6 Å². The van der Waals surface area contributed by atoms with Gasteiger partial charge in [0.1, 0.15) is 6.07 Å². The molecule has 0 N–H and O–H groups in total. The number of alkyl halides is 3. The summed E-state index contributed by atoms with van der Waals surface area (Å²) in [5.74, 6) is 1.83. The molecule has 0 spiro atoms. The van der Waals surface area contributed by atoms with Crippen LogP contribution in [0.1, 0.15) is 81.3 Å². The van der Waals surface area contributed by atoms with E-state index in [2.05, 4.69) is 0 Å². The van der Waals surface area contributed by atoms with Gasteiger partial charge in [-0.2, -0.15) is 22.8 Å². The number of rotatable bonds is 5. The number of nitrogens with zero attached hydrogens (tertiary/aromatic N) is 1. The summed E-state index contributed by atoms with van der Waals surface area (Å²) < 4.78 is 51.1. The third kappa shape index (κ3) is 6.07. The zero-order valence-corrected chi connectivity index (χ0v) is 16.7. The Morgan fingerprint density at radius 2 is 1.48 bits per heavy atom. The van der Waals surface area contributed by atoms with Crippen molar-refractivity contribution in [3.63, 3.8) is 0 Å². The first-order chi connectivity index (χ1) is 13.9. The van der Waals surface area contributed by atoms with Gasteiger partial charge >= 0.3 is 6.18 Å². The monoisotopic (exact) mass is 407 g/mol. The van der Waals surface area contributed by atoms with Crippen LogP contribution in [-0.4, -0.2) is 0 Å². The highest BCUT2D eigenvalue weighted by atomic mass is 19.4. The number of allylic oxidation sites excluding steroid dienone is 2. The third-order valence-corrected chi connectivity index (χ3v) is 7.04. The van der Waals surface area contributed by atoms with Crippen LogP contribution in [0.3, 0.4) is 0 Å². The maximum absolute atomic E-state index is 12.9. The summed E-state index contributed by atoms with van der Waals surface area (Å²) in [5, 5.41) is 8.45. The Kier molecular flexibility index (Phi) is 7.38. The second-order valence-electron chi connectivity index (χ2n) is 8.75. The van der Waals surface area contributed by atoms with Crippen molar-refractivity contribution < 1.29 is 17.6 Å². The molecule has 158 valence electrons. The van der Waals surface area contributed by atoms with E-state index >= 15 is 0 Å². The highest BCUT2D eigenvalue weighted by Gasteiger charge is 2.32. The summed E-state index contributed by atoms with van der Waals surface area (Å²) in [6.07, 6.45) is 8.02. The van der Waals surface area contributed by atoms with Crippen LogP contribution in [0.5, 0.6) is 0 Å². The molecule has 2 aliphatic carbocycles. The largest absolute Gasteiger partial charge is 0.416 e. The Bertz CT molecular complexity index is 713. The minimum absolute atomic E-state index is 0.381. The molecule has 2 fully saturated rings. The molecule has 0 aliphatic heterocycles. The van der Waals surface area contributed by atoms with Gasteiger partial charge in [-0.3, -0.25) is 0 Å². The molecule has 0 atom stereocenters. The Morgan fingerprint density at radius 3 is 2.00 bits per heavy atom. The molecular weight excluding hydrogens is 378 g/mol. The molecule has 1 aromatic carbocycles. The fourth-order valence-corrected chi connectivity index (χ4v) is 5.31. The summed E-state index contributed by atoms with van der Waals surface area (Å²) in [6, 6.07) is 7.25. The Hall–Kier alpha value is -1.83. The van der Waals surface area contributed by atoms with Gasteiger partial charge in [0.2, 0.25) is 0 Å². The van der Waals surface area contributed by atoms with Crippen LogP contribution in [0.4, 0.5) is 17.6 Å². The van der Waals surface area contributed by atoms with E-state index in [1.54, 1.807) is 12.1 Å². The number of benzene rings is 1. The maximum atomic E-state index is 12.9. The van der Waals surface area contributed by atoms with Gasteiger partial charge in [0.25, 0.3) is 0 Å². The van der Waals surface area contributed by atoms with Crippen molar-refractivity contribution in [3.05, 3.63) is 47.3 Å². The van der Waals surface area contributed by atoms with E-state index in [4.69, 9.17) is 5.26 Å². The summed E-state index contributed by atoms with van der Waals surface area (Å²) >= 11 is 0. The van der Waals surface area contributed by atoms with Crippen LogP contribution >= 0.6 is 0 Å². The summed E-state index contributed by atoms with van der Waals surface area (Å²) in [5.41, 5.74) is 0.468. The van der Waals surface area contributed by atoms with Gasteiger partial charge in [0.15, 0.2) is 5.83 Å². The predicted octanol–water partition coefficient (Wildman–Crippen LogP) is 7.94. The van der Waals surface area contributed by atoms with E-state index in [1.165, 1.54) is 50.0 Å². The molecule has 2 saturated carbocycles. The molecule has 1 nitrogen and oxygen atoms in total. The average Bonchev–Trinajstić information content (AvgIpc) is 2.74. The lowest BCUT2D eigenvalue weighted by Crippen LogP contribution is -2.25. The van der Waals surface area contributed by atoms with Crippen molar-refractivity contribution in [2.75, 3.05) is 0 Å². The highest BCUT2D eigenvalue weighted by Crippen LogP contribution is 2.44. The molecule has 0 amide bonds. The second-order valence-corrected chi connectivity index (χ2v) is 8.75. The summed E-state index contributed by atoms with van der Waals surface area (Å²) in [4.78, 5) is 0. The van der Waals surface area contributed by atoms with Crippen LogP contribution in [0, 0.1) is 29.1 Å². The van der Waals surface area contributed by atoms with Crippen molar-refractivity contribution in [2.24, 2.45) is 17.8 Å². The number of hydrogen-bond acceptors (Lipinski definition) is 1. The summed E-state index contributed by atoms with van der Waals surface area (Å²) in [7, 11) is 0. The lowest BCUT2D eigenvalue weighted by atomic mass is 9.68. The number of nitriles is 1. The molecule has 3 rings (SSSR count). The van der Waals surface area contributed by atoms with Crippen LogP contribution in [-0.2, 0) is 6.18 Å². The van der Waals surface area contributed by atoms with Crippen LogP contribution < -0.4 is 0 Å². The SMILES string of the molecule is N#C/C(F)=C/CCC1CCC([C@H]2CC[C@H](c3ccc(C(F)(F)F)cc3)CC2)CC1. The molecule has 0 radical (unpaired) electrons. The van der Waals surface area contributed by atoms with Crippen molar-refractivity contribution in [1.82, 2.24) is 0 Å². The minimum atomic E-state index is -4.27. The third-order valence-electron chi connectivity index (χ3n) is 7.04. The number of hydrogen-bond donors (Lipinski definition) is 0. The maximum Gasteiger partial charge on any atom is 0.416 e. The van der Waals surface area contributed by atoms with Gasteiger partial charge in [-0.15, -0.1) is 0 Å². The van der Waals surface area contributed by atoms with Crippen molar-refractivity contribution in [1.29, 1.82) is 5.26 Å². The van der Waals surface area contributed by atoms with E-state index in [0.29, 0.717) is 18.3 Å². The minimum Gasteiger partial charge on any atom is -0.195 e. The first-order valence-electron chi connectivity index (χ1n) is 10.8. The molecule has 5 heteroatoms. The van der Waals surface area contributed by atoms with E-state index in [-0.39, 0.29) is 0 Å². The fraction of sp³-hybridized carbons (Fsp3) is 0.625. The summed E-state index contributed by atoms with van der Waals surface area (Å²) in [6.45, 7) is 0. The standard InChI is InChI=1S/C24H29F4N/c25-23(16-29)3-1-2-17-4-6-18(7-5-17)19-8-10-20(11-9-19)21-12-14-22(15-13-21)24(26,27)28/h3,12-15,17-20H,1-2,4-11H2/b23-3-/t17?,18?,19-,20-. The molecule has 0 aromatic heterocycles. The molecular formula is C24H29F4N. The molecule has 0 saturated heterocycles. The Balaban J connectivity index is 1.42. The highest BCUT2D eigenvalue weighted by molar-refractivity contribution is 5.27. The van der Waals surface area contributed by atoms with Crippen LogP contribution in [0.15, 0.2) is 36.2 Å². The topological polar surface area (TPSA) is 23.8 Å². The van der Waals surface area contributed by atoms with Gasteiger partial charge in [0.05, 0.1) is 5.56 Å². The smallest absolute Gasteiger partial charge is 0.195 e. The lowest BCUT2D eigenvalue weighted by molar-refractivity contribution is -0.137. The molecule has 0 bridgehead atoms.